The Morgan fingerprint density at radius 2 is 2.31 bits per heavy atom. The summed E-state index contributed by atoms with van der Waals surface area (Å²) in [6, 6.07) is 8.10. The fourth-order valence-electron chi connectivity index (χ4n) is 2.04. The predicted octanol–water partition coefficient (Wildman–Crippen LogP) is 1.38. The number of nitrogens with one attached hydrogen (secondary N) is 1. The molecule has 1 heterocycles. The molecule has 0 spiro atoms. The molecule has 1 saturated heterocycles. The lowest BCUT2D eigenvalue weighted by molar-refractivity contribution is 0.318. The Bertz CT molecular complexity index is 383. The largest absolute Gasteiger partial charge is 0.508 e. The molecule has 1 aliphatic heterocycles. The molecule has 2 nitrogen and oxygen atoms in total. The van der Waals surface area contributed by atoms with Crippen molar-refractivity contribution < 1.29 is 5.11 Å². The third-order valence-corrected chi connectivity index (χ3v) is 2.95. The molecule has 1 fully saturated rings. The molecule has 2 aliphatic rings. The molecule has 2 heteroatoms. The Morgan fingerprint density at radius 3 is 2.85 bits per heavy atom. The average molecular weight is 173 g/mol. The Kier molecular flexibility index (Phi) is 1.30. The number of aromatic hydroxyl groups is 1. The van der Waals surface area contributed by atoms with E-state index in [-0.39, 0.29) is 0 Å². The molecule has 2 atom stereocenters. The average Bonchev–Trinajstić information content (AvgIpc) is 2.10. The van der Waals surface area contributed by atoms with E-state index in [2.05, 4.69) is 17.5 Å². The fraction of sp³-hybridized carbons (Fsp3) is 0.273. The van der Waals surface area contributed by atoms with Crippen molar-refractivity contribution in [2.75, 3.05) is 6.54 Å². The van der Waals surface area contributed by atoms with Gasteiger partial charge in [-0.25, -0.2) is 0 Å². The third kappa shape index (κ3) is 0.923. The van der Waals surface area contributed by atoms with Crippen molar-refractivity contribution >= 4 is 5.57 Å². The van der Waals surface area contributed by atoms with E-state index < -0.39 is 0 Å². The zero-order valence-electron chi connectivity index (χ0n) is 7.20. The van der Waals surface area contributed by atoms with Gasteiger partial charge in [-0.05, 0) is 23.3 Å². The van der Waals surface area contributed by atoms with Gasteiger partial charge in [0.25, 0.3) is 0 Å². The van der Waals surface area contributed by atoms with Gasteiger partial charge in [0, 0.05) is 18.5 Å². The first-order valence-electron chi connectivity index (χ1n) is 4.59. The molecule has 1 aliphatic carbocycles. The summed E-state index contributed by atoms with van der Waals surface area (Å²) in [5.41, 5.74) is 2.56. The molecule has 1 aromatic rings. The van der Waals surface area contributed by atoms with Crippen molar-refractivity contribution in [1.82, 2.24) is 5.32 Å². The number of hydrogen-bond acceptors (Lipinski definition) is 2. The van der Waals surface area contributed by atoms with Gasteiger partial charge in [-0.15, -0.1) is 0 Å². The minimum absolute atomic E-state index is 0.356. The first-order chi connectivity index (χ1) is 6.34. The van der Waals surface area contributed by atoms with Gasteiger partial charge in [-0.1, -0.05) is 18.2 Å². The van der Waals surface area contributed by atoms with E-state index in [1.54, 1.807) is 6.07 Å². The summed E-state index contributed by atoms with van der Waals surface area (Å²) < 4.78 is 0. The Labute approximate surface area is 76.9 Å². The molecule has 1 aromatic carbocycles. The van der Waals surface area contributed by atoms with Crippen LogP contribution in [0.1, 0.15) is 5.56 Å². The van der Waals surface area contributed by atoms with E-state index in [4.69, 9.17) is 0 Å². The van der Waals surface area contributed by atoms with Gasteiger partial charge in [0.2, 0.25) is 0 Å². The molecule has 13 heavy (non-hydrogen) atoms. The number of fused-ring (bicyclic) bond motifs is 1. The fourth-order valence-corrected chi connectivity index (χ4v) is 2.04. The third-order valence-electron chi connectivity index (χ3n) is 2.95. The molecular formula is C11H11NO. The quantitative estimate of drug-likeness (QED) is 0.672. The maximum atomic E-state index is 9.31. The smallest absolute Gasteiger partial charge is 0.116 e. The number of benzene rings is 1. The Balaban J connectivity index is 1.97. The van der Waals surface area contributed by atoms with Crippen molar-refractivity contribution in [1.29, 1.82) is 0 Å². The van der Waals surface area contributed by atoms with E-state index >= 15 is 0 Å². The molecule has 0 bridgehead atoms. The van der Waals surface area contributed by atoms with Crippen LogP contribution < -0.4 is 5.32 Å². The van der Waals surface area contributed by atoms with E-state index in [1.807, 2.05) is 12.1 Å². The summed E-state index contributed by atoms with van der Waals surface area (Å²) in [6.07, 6.45) is 2.24. The van der Waals surface area contributed by atoms with Crippen LogP contribution in [0.4, 0.5) is 0 Å². The van der Waals surface area contributed by atoms with Crippen LogP contribution in [0.25, 0.3) is 5.57 Å². The van der Waals surface area contributed by atoms with Crippen molar-refractivity contribution in [2.24, 2.45) is 5.92 Å². The monoisotopic (exact) mass is 173 g/mol. The van der Waals surface area contributed by atoms with Crippen LogP contribution in [-0.2, 0) is 0 Å². The van der Waals surface area contributed by atoms with Gasteiger partial charge in [0.05, 0.1) is 0 Å². The summed E-state index contributed by atoms with van der Waals surface area (Å²) in [5, 5.41) is 12.6. The highest BCUT2D eigenvalue weighted by Crippen LogP contribution is 2.40. The van der Waals surface area contributed by atoms with E-state index in [1.165, 1.54) is 11.1 Å². The van der Waals surface area contributed by atoms with E-state index in [9.17, 15) is 5.11 Å². The lowest BCUT2D eigenvalue weighted by Gasteiger charge is -2.46. The molecule has 0 radical (unpaired) electrons. The topological polar surface area (TPSA) is 32.3 Å². The second-order valence-corrected chi connectivity index (χ2v) is 3.71. The van der Waals surface area contributed by atoms with Crippen molar-refractivity contribution in [3.05, 3.63) is 35.9 Å². The number of hydrogen-bond donors (Lipinski definition) is 2. The molecule has 2 unspecified atom stereocenters. The normalized spacial score (nSPS) is 29.7. The SMILES string of the molecule is Oc1cccc(C2=CC3NCC23)c1. The Hall–Kier alpha value is -1.28. The van der Waals surface area contributed by atoms with Crippen molar-refractivity contribution in [2.45, 2.75) is 6.04 Å². The van der Waals surface area contributed by atoms with Crippen LogP contribution in [0.5, 0.6) is 5.75 Å². The predicted molar refractivity (Wildman–Crippen MR) is 51.4 cm³/mol. The van der Waals surface area contributed by atoms with Gasteiger partial charge in [0.15, 0.2) is 0 Å². The van der Waals surface area contributed by atoms with Crippen molar-refractivity contribution in [3.8, 4) is 5.75 Å². The van der Waals surface area contributed by atoms with E-state index in [0.29, 0.717) is 17.7 Å². The number of phenolic OH excluding ortho intramolecular Hbond substituents is 1. The standard InChI is InChI=1S/C11H11NO/c13-8-3-1-2-7(4-8)9-5-11-10(9)6-12-11/h1-5,10-13H,6H2. The molecule has 0 amide bonds. The molecule has 66 valence electrons. The molecule has 2 N–H and O–H groups in total. The van der Waals surface area contributed by atoms with Crippen LogP contribution in [0.2, 0.25) is 0 Å². The second kappa shape index (κ2) is 2.36. The molecule has 0 saturated carbocycles. The second-order valence-electron chi connectivity index (χ2n) is 3.71. The maximum absolute atomic E-state index is 9.31. The summed E-state index contributed by atoms with van der Waals surface area (Å²) in [5.74, 6) is 1.05. The zero-order chi connectivity index (χ0) is 8.84. The van der Waals surface area contributed by atoms with Gasteiger partial charge < -0.3 is 10.4 Å². The van der Waals surface area contributed by atoms with Crippen LogP contribution in [-0.4, -0.2) is 17.7 Å². The highest BCUT2D eigenvalue weighted by atomic mass is 16.3. The summed E-state index contributed by atoms with van der Waals surface area (Å²) in [6.45, 7) is 1.09. The van der Waals surface area contributed by atoms with Gasteiger partial charge in [-0.3, -0.25) is 0 Å². The zero-order valence-corrected chi connectivity index (χ0v) is 7.20. The number of rotatable bonds is 1. The first-order valence-corrected chi connectivity index (χ1v) is 4.59. The summed E-state index contributed by atoms with van der Waals surface area (Å²) in [4.78, 5) is 0. The minimum atomic E-state index is 0.356. The summed E-state index contributed by atoms with van der Waals surface area (Å²) in [7, 11) is 0. The minimum Gasteiger partial charge on any atom is -0.508 e. The Morgan fingerprint density at radius 1 is 1.38 bits per heavy atom. The van der Waals surface area contributed by atoms with Crippen LogP contribution >= 0.6 is 0 Å². The lowest BCUT2D eigenvalue weighted by atomic mass is 9.71. The van der Waals surface area contributed by atoms with Crippen molar-refractivity contribution in [3.63, 3.8) is 0 Å². The highest BCUT2D eigenvalue weighted by Gasteiger charge is 2.39. The highest BCUT2D eigenvalue weighted by molar-refractivity contribution is 5.76. The molecule has 0 aromatic heterocycles. The van der Waals surface area contributed by atoms with Crippen LogP contribution in [0.3, 0.4) is 0 Å². The molecular weight excluding hydrogens is 162 g/mol. The van der Waals surface area contributed by atoms with Crippen LogP contribution in [0, 0.1) is 5.92 Å². The van der Waals surface area contributed by atoms with Gasteiger partial charge in [-0.2, -0.15) is 0 Å². The molecule has 3 rings (SSSR count). The van der Waals surface area contributed by atoms with E-state index in [0.717, 1.165) is 6.54 Å². The summed E-state index contributed by atoms with van der Waals surface area (Å²) >= 11 is 0. The number of phenols is 1. The van der Waals surface area contributed by atoms with Crippen LogP contribution in [0.15, 0.2) is 30.3 Å². The first kappa shape index (κ1) is 7.15. The maximum Gasteiger partial charge on any atom is 0.116 e. The van der Waals surface area contributed by atoms with Gasteiger partial charge in [0.1, 0.15) is 5.75 Å². The lowest BCUT2D eigenvalue weighted by Crippen LogP contribution is -2.57. The van der Waals surface area contributed by atoms with Gasteiger partial charge >= 0.3 is 0 Å².